The topological polar surface area (TPSA) is 67.1 Å². The Morgan fingerprint density at radius 2 is 2.33 bits per heavy atom. The molecule has 0 radical (unpaired) electrons. The molecule has 0 amide bonds. The molecule has 3 N–H and O–H groups in total. The summed E-state index contributed by atoms with van der Waals surface area (Å²) < 4.78 is 0. The van der Waals surface area contributed by atoms with Gasteiger partial charge in [-0.15, -0.1) is 0 Å². The number of aryl methyl sites for hydroxylation is 1. The smallest absolute Gasteiger partial charge is 0.220 e. The second-order valence-corrected chi connectivity index (χ2v) is 4.06. The first-order chi connectivity index (χ1) is 7.15. The lowest BCUT2D eigenvalue weighted by Gasteiger charge is -2.30. The molecule has 1 atom stereocenters. The minimum absolute atomic E-state index is 0.271. The van der Waals surface area contributed by atoms with Gasteiger partial charge in [0.05, 0.1) is 11.7 Å². The second-order valence-electron chi connectivity index (χ2n) is 4.06. The zero-order valence-electron chi connectivity index (χ0n) is 9.20. The molecular weight excluding hydrogens is 190 g/mol. The van der Waals surface area contributed by atoms with Crippen LogP contribution >= 0.6 is 0 Å². The minimum atomic E-state index is 0.271. The zero-order valence-corrected chi connectivity index (χ0v) is 9.20. The van der Waals surface area contributed by atoms with Crippen LogP contribution in [-0.4, -0.2) is 41.5 Å². The Morgan fingerprint density at radius 1 is 1.53 bits per heavy atom. The van der Waals surface area contributed by atoms with E-state index >= 15 is 0 Å². The van der Waals surface area contributed by atoms with Crippen molar-refractivity contribution in [1.82, 2.24) is 20.2 Å². The molecule has 0 bridgehead atoms. The van der Waals surface area contributed by atoms with Gasteiger partial charge >= 0.3 is 0 Å². The standard InChI is InChI=1S/C10H17N5/c1-7-5-8(14-10(11)13-7)9-6-15(2)4-3-12-9/h5,9,12H,3-4,6H2,1-2H3,(H2,11,13,14). The third-order valence-corrected chi connectivity index (χ3v) is 2.63. The van der Waals surface area contributed by atoms with E-state index in [-0.39, 0.29) is 6.04 Å². The van der Waals surface area contributed by atoms with Crippen molar-refractivity contribution in [2.75, 3.05) is 32.4 Å². The highest BCUT2D eigenvalue weighted by Gasteiger charge is 2.19. The molecule has 2 heterocycles. The van der Waals surface area contributed by atoms with E-state index < -0.39 is 0 Å². The summed E-state index contributed by atoms with van der Waals surface area (Å²) >= 11 is 0. The Morgan fingerprint density at radius 3 is 3.00 bits per heavy atom. The van der Waals surface area contributed by atoms with Gasteiger partial charge in [0.25, 0.3) is 0 Å². The van der Waals surface area contributed by atoms with Crippen LogP contribution in [0, 0.1) is 6.92 Å². The van der Waals surface area contributed by atoms with E-state index in [0.717, 1.165) is 31.0 Å². The number of hydrogen-bond acceptors (Lipinski definition) is 5. The highest BCUT2D eigenvalue weighted by Crippen LogP contribution is 2.15. The lowest BCUT2D eigenvalue weighted by Crippen LogP contribution is -2.44. The largest absolute Gasteiger partial charge is 0.368 e. The monoisotopic (exact) mass is 207 g/mol. The summed E-state index contributed by atoms with van der Waals surface area (Å²) in [4.78, 5) is 10.6. The number of aromatic nitrogens is 2. The number of nitrogens with two attached hydrogens (primary N) is 1. The van der Waals surface area contributed by atoms with E-state index in [2.05, 4.69) is 27.2 Å². The van der Waals surface area contributed by atoms with Crippen LogP contribution in [0.5, 0.6) is 0 Å². The molecule has 0 spiro atoms. The average Bonchev–Trinajstić information content (AvgIpc) is 2.16. The van der Waals surface area contributed by atoms with Crippen molar-refractivity contribution < 1.29 is 0 Å². The number of likely N-dealkylation sites (N-methyl/N-ethyl adjacent to an activating group) is 1. The van der Waals surface area contributed by atoms with Gasteiger partial charge in [0.2, 0.25) is 5.95 Å². The lowest BCUT2D eigenvalue weighted by molar-refractivity contribution is 0.238. The van der Waals surface area contributed by atoms with Crippen molar-refractivity contribution in [2.24, 2.45) is 0 Å². The number of hydrogen-bond donors (Lipinski definition) is 2. The molecule has 5 nitrogen and oxygen atoms in total. The molecule has 1 unspecified atom stereocenters. The molecule has 15 heavy (non-hydrogen) atoms. The maximum absolute atomic E-state index is 5.64. The fourth-order valence-electron chi connectivity index (χ4n) is 1.89. The molecule has 5 heteroatoms. The molecule has 0 saturated carbocycles. The Hall–Kier alpha value is -1.20. The summed E-state index contributed by atoms with van der Waals surface area (Å²) in [6.07, 6.45) is 0. The number of piperazine rings is 1. The Balaban J connectivity index is 2.20. The SMILES string of the molecule is Cc1cc(C2CN(C)CCN2)nc(N)n1. The highest BCUT2D eigenvalue weighted by molar-refractivity contribution is 5.24. The van der Waals surface area contributed by atoms with E-state index in [0.29, 0.717) is 5.95 Å². The number of nitrogen functional groups attached to an aromatic ring is 1. The summed E-state index contributed by atoms with van der Waals surface area (Å²) in [5, 5.41) is 3.43. The Labute approximate surface area is 89.7 Å². The second kappa shape index (κ2) is 4.12. The molecule has 1 aromatic rings. The van der Waals surface area contributed by atoms with Gasteiger partial charge in [-0.05, 0) is 20.0 Å². The first-order valence-electron chi connectivity index (χ1n) is 5.18. The number of rotatable bonds is 1. The highest BCUT2D eigenvalue weighted by atomic mass is 15.2. The lowest BCUT2D eigenvalue weighted by atomic mass is 10.1. The van der Waals surface area contributed by atoms with Crippen molar-refractivity contribution in [2.45, 2.75) is 13.0 Å². The molecule has 1 saturated heterocycles. The summed E-state index contributed by atoms with van der Waals surface area (Å²) in [7, 11) is 2.12. The molecule has 2 rings (SSSR count). The normalized spacial score (nSPS) is 22.9. The van der Waals surface area contributed by atoms with Crippen LogP contribution < -0.4 is 11.1 Å². The minimum Gasteiger partial charge on any atom is -0.368 e. The fraction of sp³-hybridized carbons (Fsp3) is 0.600. The Kier molecular flexibility index (Phi) is 2.83. The molecule has 0 aromatic carbocycles. The maximum atomic E-state index is 5.64. The number of nitrogens with zero attached hydrogens (tertiary/aromatic N) is 3. The number of nitrogens with one attached hydrogen (secondary N) is 1. The van der Waals surface area contributed by atoms with Crippen molar-refractivity contribution in [3.8, 4) is 0 Å². The van der Waals surface area contributed by atoms with Crippen molar-refractivity contribution >= 4 is 5.95 Å². The predicted octanol–water partition coefficient (Wildman–Crippen LogP) is -0.0567. The fourth-order valence-corrected chi connectivity index (χ4v) is 1.89. The molecule has 1 aliphatic heterocycles. The molecule has 1 aliphatic rings. The third-order valence-electron chi connectivity index (χ3n) is 2.63. The van der Waals surface area contributed by atoms with Crippen LogP contribution in [0.2, 0.25) is 0 Å². The van der Waals surface area contributed by atoms with Gasteiger partial charge in [-0.2, -0.15) is 0 Å². The van der Waals surface area contributed by atoms with E-state index in [1.165, 1.54) is 0 Å². The van der Waals surface area contributed by atoms with Gasteiger partial charge in [-0.25, -0.2) is 9.97 Å². The van der Waals surface area contributed by atoms with Gasteiger partial charge in [0.15, 0.2) is 0 Å². The quantitative estimate of drug-likeness (QED) is 0.675. The van der Waals surface area contributed by atoms with Gasteiger partial charge in [0.1, 0.15) is 0 Å². The van der Waals surface area contributed by atoms with Gasteiger partial charge in [0, 0.05) is 25.3 Å². The summed E-state index contributed by atoms with van der Waals surface area (Å²) in [6, 6.07) is 2.26. The zero-order chi connectivity index (χ0) is 10.8. The van der Waals surface area contributed by atoms with Crippen LogP contribution in [0.3, 0.4) is 0 Å². The predicted molar refractivity (Wildman–Crippen MR) is 59.4 cm³/mol. The summed E-state index contributed by atoms with van der Waals surface area (Å²) in [6.45, 7) is 4.98. The summed E-state index contributed by atoms with van der Waals surface area (Å²) in [5.74, 6) is 0.361. The van der Waals surface area contributed by atoms with Gasteiger partial charge in [-0.3, -0.25) is 0 Å². The van der Waals surface area contributed by atoms with Crippen LogP contribution in [0.4, 0.5) is 5.95 Å². The van der Waals surface area contributed by atoms with Crippen molar-refractivity contribution in [3.05, 3.63) is 17.5 Å². The molecule has 0 aliphatic carbocycles. The number of anilines is 1. The molecule has 1 fully saturated rings. The van der Waals surface area contributed by atoms with Crippen LogP contribution in [0.25, 0.3) is 0 Å². The van der Waals surface area contributed by atoms with Gasteiger partial charge in [-0.1, -0.05) is 0 Å². The molecule has 1 aromatic heterocycles. The van der Waals surface area contributed by atoms with Crippen LogP contribution in [-0.2, 0) is 0 Å². The first kappa shape index (κ1) is 10.3. The van der Waals surface area contributed by atoms with E-state index in [1.54, 1.807) is 0 Å². The third kappa shape index (κ3) is 2.43. The summed E-state index contributed by atoms with van der Waals surface area (Å²) in [5.41, 5.74) is 7.55. The van der Waals surface area contributed by atoms with Crippen LogP contribution in [0.1, 0.15) is 17.4 Å². The molecular formula is C10H17N5. The van der Waals surface area contributed by atoms with E-state index in [9.17, 15) is 0 Å². The average molecular weight is 207 g/mol. The first-order valence-corrected chi connectivity index (χ1v) is 5.18. The molecule has 82 valence electrons. The van der Waals surface area contributed by atoms with Crippen LogP contribution in [0.15, 0.2) is 6.07 Å². The van der Waals surface area contributed by atoms with E-state index in [1.807, 2.05) is 13.0 Å². The Bertz CT molecular complexity index is 331. The maximum Gasteiger partial charge on any atom is 0.220 e. The van der Waals surface area contributed by atoms with Crippen molar-refractivity contribution in [3.63, 3.8) is 0 Å². The van der Waals surface area contributed by atoms with Crippen molar-refractivity contribution in [1.29, 1.82) is 0 Å². The van der Waals surface area contributed by atoms with E-state index in [4.69, 9.17) is 5.73 Å². The van der Waals surface area contributed by atoms with Gasteiger partial charge < -0.3 is 16.0 Å².